The number of amides is 1. The molecule has 1 saturated heterocycles. The van der Waals surface area contributed by atoms with Gasteiger partial charge in [0.15, 0.2) is 11.5 Å². The molecule has 7 heteroatoms. The lowest BCUT2D eigenvalue weighted by molar-refractivity contribution is -0.125. The standard InChI is InChI=1S/C20H24N6O/c1-14-4-3-5-16(12-14)13-21-20(27)17-8-10-25(11-9-17)19-7-6-18-23-22-15(2)26(18)24-19/h3-7,12,17H,8-11,13H2,1-2H3,(H,21,27). The second kappa shape index (κ2) is 7.34. The molecule has 0 saturated carbocycles. The summed E-state index contributed by atoms with van der Waals surface area (Å²) in [6.07, 6.45) is 1.67. The van der Waals surface area contributed by atoms with Crippen molar-refractivity contribution in [2.45, 2.75) is 33.2 Å². The van der Waals surface area contributed by atoms with Gasteiger partial charge in [0, 0.05) is 25.6 Å². The maximum atomic E-state index is 12.5. The fraction of sp³-hybridized carbons (Fsp3) is 0.400. The number of hydrogen-bond acceptors (Lipinski definition) is 5. The summed E-state index contributed by atoms with van der Waals surface area (Å²) >= 11 is 0. The first-order valence-electron chi connectivity index (χ1n) is 9.37. The Morgan fingerprint density at radius 3 is 2.74 bits per heavy atom. The number of benzene rings is 1. The van der Waals surface area contributed by atoms with Crippen molar-refractivity contribution >= 4 is 17.4 Å². The Balaban J connectivity index is 1.33. The van der Waals surface area contributed by atoms with Crippen LogP contribution in [0.25, 0.3) is 5.65 Å². The van der Waals surface area contributed by atoms with Crippen LogP contribution in [0.5, 0.6) is 0 Å². The van der Waals surface area contributed by atoms with E-state index in [-0.39, 0.29) is 11.8 Å². The number of nitrogens with zero attached hydrogens (tertiary/aromatic N) is 5. The molecule has 7 nitrogen and oxygen atoms in total. The van der Waals surface area contributed by atoms with Gasteiger partial charge in [-0.1, -0.05) is 29.8 Å². The van der Waals surface area contributed by atoms with Crippen molar-refractivity contribution in [3.8, 4) is 0 Å². The van der Waals surface area contributed by atoms with Crippen LogP contribution in [0.4, 0.5) is 5.82 Å². The van der Waals surface area contributed by atoms with E-state index in [9.17, 15) is 4.79 Å². The number of fused-ring (bicyclic) bond motifs is 1. The number of piperidine rings is 1. The van der Waals surface area contributed by atoms with Crippen LogP contribution in [0.15, 0.2) is 36.4 Å². The minimum Gasteiger partial charge on any atom is -0.355 e. The topological polar surface area (TPSA) is 75.4 Å². The predicted octanol–water partition coefficient (Wildman–Crippen LogP) is 2.27. The Labute approximate surface area is 158 Å². The molecule has 1 amide bonds. The molecule has 4 rings (SSSR count). The molecule has 0 radical (unpaired) electrons. The Morgan fingerprint density at radius 2 is 1.96 bits per heavy atom. The number of aryl methyl sites for hydroxylation is 2. The predicted molar refractivity (Wildman–Crippen MR) is 103 cm³/mol. The van der Waals surface area contributed by atoms with Crippen molar-refractivity contribution < 1.29 is 4.79 Å². The van der Waals surface area contributed by atoms with E-state index in [0.717, 1.165) is 48.8 Å². The van der Waals surface area contributed by atoms with Gasteiger partial charge >= 0.3 is 0 Å². The molecule has 3 aromatic rings. The van der Waals surface area contributed by atoms with Crippen LogP contribution < -0.4 is 10.2 Å². The largest absolute Gasteiger partial charge is 0.355 e. The van der Waals surface area contributed by atoms with Gasteiger partial charge in [-0.25, -0.2) is 0 Å². The van der Waals surface area contributed by atoms with E-state index in [1.165, 1.54) is 5.56 Å². The molecule has 2 aromatic heterocycles. The quantitative estimate of drug-likeness (QED) is 0.769. The molecule has 0 bridgehead atoms. The van der Waals surface area contributed by atoms with Gasteiger partial charge in [0.25, 0.3) is 0 Å². The number of nitrogens with one attached hydrogen (secondary N) is 1. The lowest BCUT2D eigenvalue weighted by Crippen LogP contribution is -2.40. The summed E-state index contributed by atoms with van der Waals surface area (Å²) in [5, 5.41) is 15.8. The maximum absolute atomic E-state index is 12.5. The smallest absolute Gasteiger partial charge is 0.223 e. The number of rotatable bonds is 4. The first-order chi connectivity index (χ1) is 13.1. The normalized spacial score (nSPS) is 15.3. The third kappa shape index (κ3) is 3.77. The van der Waals surface area contributed by atoms with Crippen molar-refractivity contribution in [1.29, 1.82) is 0 Å². The highest BCUT2D eigenvalue weighted by molar-refractivity contribution is 5.79. The van der Waals surface area contributed by atoms with Crippen molar-refractivity contribution in [2.24, 2.45) is 5.92 Å². The summed E-state index contributed by atoms with van der Waals surface area (Å²) in [5.74, 6) is 1.89. The monoisotopic (exact) mass is 364 g/mol. The zero-order valence-electron chi connectivity index (χ0n) is 15.7. The third-order valence-corrected chi connectivity index (χ3v) is 5.14. The minimum absolute atomic E-state index is 0.0615. The Hall–Kier alpha value is -2.96. The fourth-order valence-electron chi connectivity index (χ4n) is 3.58. The van der Waals surface area contributed by atoms with Crippen LogP contribution in [0, 0.1) is 19.8 Å². The molecule has 0 unspecified atom stereocenters. The van der Waals surface area contributed by atoms with Crippen LogP contribution in [0.1, 0.15) is 29.8 Å². The van der Waals surface area contributed by atoms with E-state index in [4.69, 9.17) is 0 Å². The highest BCUT2D eigenvalue weighted by atomic mass is 16.1. The maximum Gasteiger partial charge on any atom is 0.223 e. The van der Waals surface area contributed by atoms with Gasteiger partial charge in [-0.2, -0.15) is 4.52 Å². The summed E-state index contributed by atoms with van der Waals surface area (Å²) < 4.78 is 1.76. The molecule has 1 fully saturated rings. The minimum atomic E-state index is 0.0615. The van der Waals surface area contributed by atoms with Crippen LogP contribution in [-0.4, -0.2) is 38.8 Å². The molecule has 1 aliphatic heterocycles. The van der Waals surface area contributed by atoms with Crippen LogP contribution in [0.3, 0.4) is 0 Å². The van der Waals surface area contributed by atoms with Crippen molar-refractivity contribution in [1.82, 2.24) is 25.1 Å². The number of aromatic nitrogens is 4. The van der Waals surface area contributed by atoms with Crippen LogP contribution in [-0.2, 0) is 11.3 Å². The zero-order valence-corrected chi connectivity index (χ0v) is 15.7. The van der Waals surface area contributed by atoms with Crippen molar-refractivity contribution in [2.75, 3.05) is 18.0 Å². The number of anilines is 1. The average Bonchev–Trinajstić information content (AvgIpc) is 3.07. The summed E-state index contributed by atoms with van der Waals surface area (Å²) in [5.41, 5.74) is 3.10. The second-order valence-electron chi connectivity index (χ2n) is 7.18. The molecular weight excluding hydrogens is 340 g/mol. The fourth-order valence-corrected chi connectivity index (χ4v) is 3.58. The van der Waals surface area contributed by atoms with Gasteiger partial charge in [-0.3, -0.25) is 4.79 Å². The SMILES string of the molecule is Cc1cccc(CNC(=O)C2CCN(c3ccc4nnc(C)n4n3)CC2)c1. The Kier molecular flexibility index (Phi) is 4.75. The summed E-state index contributed by atoms with van der Waals surface area (Å²) in [4.78, 5) is 14.7. The highest BCUT2D eigenvalue weighted by Gasteiger charge is 2.25. The number of hydrogen-bond donors (Lipinski definition) is 1. The molecule has 3 heterocycles. The summed E-state index contributed by atoms with van der Waals surface area (Å²) in [6.45, 7) is 6.19. The van der Waals surface area contributed by atoms with Crippen molar-refractivity contribution in [3.05, 3.63) is 53.3 Å². The lowest BCUT2D eigenvalue weighted by Gasteiger charge is -2.32. The Morgan fingerprint density at radius 1 is 1.15 bits per heavy atom. The summed E-state index contributed by atoms with van der Waals surface area (Å²) in [6, 6.07) is 12.2. The van der Waals surface area contributed by atoms with Crippen LogP contribution in [0.2, 0.25) is 0 Å². The second-order valence-corrected chi connectivity index (χ2v) is 7.18. The molecule has 1 aromatic carbocycles. The number of carbonyl (C=O) groups excluding carboxylic acids is 1. The molecule has 1 aliphatic rings. The average molecular weight is 364 g/mol. The van der Waals surface area contributed by atoms with E-state index >= 15 is 0 Å². The summed E-state index contributed by atoms with van der Waals surface area (Å²) in [7, 11) is 0. The van der Waals surface area contributed by atoms with Crippen LogP contribution >= 0.6 is 0 Å². The first kappa shape index (κ1) is 17.5. The highest BCUT2D eigenvalue weighted by Crippen LogP contribution is 2.22. The molecule has 140 valence electrons. The Bertz CT molecular complexity index is 958. The molecule has 27 heavy (non-hydrogen) atoms. The van der Waals surface area contributed by atoms with Crippen molar-refractivity contribution in [3.63, 3.8) is 0 Å². The molecule has 0 atom stereocenters. The lowest BCUT2D eigenvalue weighted by atomic mass is 9.96. The molecule has 1 N–H and O–H groups in total. The molecule has 0 spiro atoms. The third-order valence-electron chi connectivity index (χ3n) is 5.14. The van der Waals surface area contributed by atoms with E-state index in [0.29, 0.717) is 6.54 Å². The zero-order chi connectivity index (χ0) is 18.8. The molecular formula is C20H24N6O. The van der Waals surface area contributed by atoms with Gasteiger partial charge in [-0.15, -0.1) is 15.3 Å². The van der Waals surface area contributed by atoms with Gasteiger partial charge in [0.05, 0.1) is 0 Å². The van der Waals surface area contributed by atoms with E-state index in [1.54, 1.807) is 4.52 Å². The van der Waals surface area contributed by atoms with E-state index < -0.39 is 0 Å². The van der Waals surface area contributed by atoms with E-state index in [2.05, 4.69) is 44.6 Å². The van der Waals surface area contributed by atoms with Gasteiger partial charge in [0.2, 0.25) is 5.91 Å². The van der Waals surface area contributed by atoms with E-state index in [1.807, 2.05) is 31.2 Å². The first-order valence-corrected chi connectivity index (χ1v) is 9.37. The van der Waals surface area contributed by atoms with Gasteiger partial charge < -0.3 is 10.2 Å². The van der Waals surface area contributed by atoms with Gasteiger partial charge in [0.1, 0.15) is 5.82 Å². The van der Waals surface area contributed by atoms with Gasteiger partial charge in [-0.05, 0) is 44.4 Å². The number of carbonyl (C=O) groups is 1. The molecule has 0 aliphatic carbocycles.